The van der Waals surface area contributed by atoms with Gasteiger partial charge in [0.25, 0.3) is 0 Å². The number of hydrogen-bond acceptors (Lipinski definition) is 4. The van der Waals surface area contributed by atoms with Gasteiger partial charge in [0.05, 0.1) is 17.5 Å². The van der Waals surface area contributed by atoms with Crippen LogP contribution in [0.2, 0.25) is 0 Å². The van der Waals surface area contributed by atoms with Crippen LogP contribution in [0.3, 0.4) is 0 Å². The van der Waals surface area contributed by atoms with Gasteiger partial charge >= 0.3 is 12.1 Å². The quantitative estimate of drug-likeness (QED) is 0.451. The minimum Gasteiger partial charge on any atom is -0.478 e. The van der Waals surface area contributed by atoms with E-state index >= 15 is 0 Å². The van der Waals surface area contributed by atoms with E-state index in [1.807, 2.05) is 36.4 Å². The van der Waals surface area contributed by atoms with Crippen LogP contribution in [-0.2, 0) is 9.53 Å². The highest BCUT2D eigenvalue weighted by molar-refractivity contribution is 5.95. The van der Waals surface area contributed by atoms with E-state index in [9.17, 15) is 18.8 Å². The predicted octanol–water partition coefficient (Wildman–Crippen LogP) is 4.92. The van der Waals surface area contributed by atoms with Crippen LogP contribution in [0.5, 0.6) is 0 Å². The van der Waals surface area contributed by atoms with E-state index in [1.165, 1.54) is 6.07 Å². The van der Waals surface area contributed by atoms with Crippen molar-refractivity contribution in [1.29, 1.82) is 0 Å². The van der Waals surface area contributed by atoms with Gasteiger partial charge in [-0.1, -0.05) is 48.5 Å². The van der Waals surface area contributed by atoms with E-state index in [0.717, 1.165) is 34.4 Å². The number of carboxylic acids is 1. The second kappa shape index (κ2) is 8.87. The zero-order valence-electron chi connectivity index (χ0n) is 18.7. The number of carbonyl (C=O) groups is 3. The molecule has 5 rings (SSSR count). The maximum atomic E-state index is 13.7. The molecule has 0 aromatic heterocycles. The topological polar surface area (TPSA) is 105 Å². The van der Waals surface area contributed by atoms with Crippen molar-refractivity contribution in [3.63, 3.8) is 0 Å². The number of fused-ring (bicyclic) bond motifs is 3. The van der Waals surface area contributed by atoms with Gasteiger partial charge in [-0.2, -0.15) is 0 Å². The molecule has 0 unspecified atom stereocenters. The summed E-state index contributed by atoms with van der Waals surface area (Å²) >= 11 is 0. The number of carboxylic acid groups (broad SMARTS) is 1. The van der Waals surface area contributed by atoms with Crippen molar-refractivity contribution in [2.24, 2.45) is 0 Å². The molecule has 0 bridgehead atoms. The Morgan fingerprint density at radius 3 is 2.20 bits per heavy atom. The fourth-order valence-electron chi connectivity index (χ4n) is 4.65. The van der Waals surface area contributed by atoms with Gasteiger partial charge < -0.3 is 20.5 Å². The lowest BCUT2D eigenvalue weighted by Crippen LogP contribution is -2.40. The summed E-state index contributed by atoms with van der Waals surface area (Å²) in [5.41, 5.74) is 3.54. The van der Waals surface area contributed by atoms with Gasteiger partial charge in [-0.3, -0.25) is 4.79 Å². The number of ether oxygens (including phenoxy) is 1. The monoisotopic (exact) mass is 474 g/mol. The fraction of sp³-hybridized carbons (Fsp3) is 0.222. The van der Waals surface area contributed by atoms with Crippen molar-refractivity contribution in [1.82, 2.24) is 5.32 Å². The van der Waals surface area contributed by atoms with Crippen LogP contribution >= 0.6 is 0 Å². The smallest absolute Gasteiger partial charge is 0.407 e. The Balaban J connectivity index is 1.19. The molecule has 35 heavy (non-hydrogen) atoms. The van der Waals surface area contributed by atoms with E-state index < -0.39 is 29.3 Å². The largest absolute Gasteiger partial charge is 0.478 e. The predicted molar refractivity (Wildman–Crippen MR) is 127 cm³/mol. The van der Waals surface area contributed by atoms with Gasteiger partial charge in [0.15, 0.2) is 0 Å². The molecule has 178 valence electrons. The molecule has 3 N–H and O–H groups in total. The number of amides is 2. The zero-order valence-corrected chi connectivity index (χ0v) is 18.7. The highest BCUT2D eigenvalue weighted by Crippen LogP contribution is 2.44. The molecular formula is C27H23FN2O5. The number of nitrogens with one attached hydrogen (secondary N) is 2. The highest BCUT2D eigenvalue weighted by Gasteiger charge is 2.46. The Hall–Kier alpha value is -4.20. The van der Waals surface area contributed by atoms with E-state index in [1.54, 1.807) is 0 Å². The summed E-state index contributed by atoms with van der Waals surface area (Å²) in [5, 5.41) is 14.4. The summed E-state index contributed by atoms with van der Waals surface area (Å²) in [5.74, 6) is -2.58. The third-order valence-corrected chi connectivity index (χ3v) is 6.49. The lowest BCUT2D eigenvalue weighted by molar-refractivity contribution is -0.116. The first kappa shape index (κ1) is 22.6. The Morgan fingerprint density at radius 2 is 1.60 bits per heavy atom. The minimum absolute atomic E-state index is 0.0316. The number of hydrogen-bond donors (Lipinski definition) is 3. The number of halogens is 1. The number of anilines is 1. The molecule has 0 heterocycles. The summed E-state index contributed by atoms with van der Waals surface area (Å²) in [6.07, 6.45) is 0.578. The van der Waals surface area contributed by atoms with E-state index in [0.29, 0.717) is 12.8 Å². The van der Waals surface area contributed by atoms with Crippen molar-refractivity contribution < 1.29 is 28.6 Å². The molecule has 2 aliphatic carbocycles. The molecule has 7 nitrogen and oxygen atoms in total. The average Bonchev–Trinajstić information content (AvgIpc) is 3.49. The van der Waals surface area contributed by atoms with Gasteiger partial charge in [0.1, 0.15) is 12.4 Å². The first-order valence-electron chi connectivity index (χ1n) is 11.3. The normalized spacial score (nSPS) is 15.0. The molecule has 0 radical (unpaired) electrons. The van der Waals surface area contributed by atoms with Crippen molar-refractivity contribution in [2.45, 2.75) is 30.7 Å². The van der Waals surface area contributed by atoms with Gasteiger partial charge in [-0.05, 0) is 53.3 Å². The summed E-state index contributed by atoms with van der Waals surface area (Å²) in [6.45, 7) is 0.170. The van der Waals surface area contributed by atoms with Crippen molar-refractivity contribution in [3.8, 4) is 11.1 Å². The molecule has 2 aliphatic rings. The van der Waals surface area contributed by atoms with E-state index in [2.05, 4.69) is 22.8 Å². The maximum absolute atomic E-state index is 13.7. The standard InChI is InChI=1S/C27H23FN2O5/c28-17-11-16(25(32)33)12-18(13-17)29-24(31)14-27(9-10-27)30-26(34)35-15-23-21-7-3-1-5-19(21)20-6-2-4-8-22(20)23/h1-8,11-13,23H,9-10,14-15H2,(H,29,31)(H,30,34)(H,32,33). The number of benzene rings is 3. The lowest BCUT2D eigenvalue weighted by Gasteiger charge is -2.19. The molecule has 8 heteroatoms. The van der Waals surface area contributed by atoms with Gasteiger partial charge in [0.2, 0.25) is 5.91 Å². The fourth-order valence-corrected chi connectivity index (χ4v) is 4.65. The second-order valence-electron chi connectivity index (χ2n) is 8.99. The Kier molecular flexibility index (Phi) is 5.72. The Morgan fingerprint density at radius 1 is 0.971 bits per heavy atom. The summed E-state index contributed by atoms with van der Waals surface area (Å²) in [4.78, 5) is 36.2. The third kappa shape index (κ3) is 4.73. The Bertz CT molecular complexity index is 1290. The third-order valence-electron chi connectivity index (χ3n) is 6.49. The van der Waals surface area contributed by atoms with Crippen LogP contribution < -0.4 is 10.6 Å². The van der Waals surface area contributed by atoms with Crippen LogP contribution in [0.15, 0.2) is 66.7 Å². The minimum atomic E-state index is -1.30. The number of carbonyl (C=O) groups excluding carboxylic acids is 2. The van der Waals surface area contributed by atoms with Crippen LogP contribution in [0.1, 0.15) is 46.7 Å². The number of aromatic carboxylic acids is 1. The van der Waals surface area contributed by atoms with Gasteiger partial charge in [-0.15, -0.1) is 0 Å². The summed E-state index contributed by atoms with van der Waals surface area (Å²) in [6, 6.07) is 19.2. The second-order valence-corrected chi connectivity index (χ2v) is 8.99. The molecule has 0 atom stereocenters. The molecule has 0 saturated heterocycles. The van der Waals surface area contributed by atoms with Crippen LogP contribution in [0, 0.1) is 5.82 Å². The van der Waals surface area contributed by atoms with E-state index in [4.69, 9.17) is 9.84 Å². The molecule has 2 amide bonds. The molecule has 0 spiro atoms. The lowest BCUT2D eigenvalue weighted by atomic mass is 9.98. The SMILES string of the molecule is O=C(CC1(NC(=O)OCC2c3ccccc3-c3ccccc32)CC1)Nc1cc(F)cc(C(=O)O)c1. The average molecular weight is 474 g/mol. The molecule has 1 saturated carbocycles. The van der Waals surface area contributed by atoms with Crippen molar-refractivity contribution >= 4 is 23.7 Å². The van der Waals surface area contributed by atoms with Crippen LogP contribution in [0.25, 0.3) is 11.1 Å². The summed E-state index contributed by atoms with van der Waals surface area (Å²) < 4.78 is 19.2. The van der Waals surface area contributed by atoms with Crippen LogP contribution in [-0.4, -0.2) is 35.2 Å². The first-order valence-corrected chi connectivity index (χ1v) is 11.3. The Labute approximate surface area is 200 Å². The van der Waals surface area contributed by atoms with Crippen LogP contribution in [0.4, 0.5) is 14.9 Å². The molecule has 3 aromatic rings. The van der Waals surface area contributed by atoms with E-state index in [-0.39, 0.29) is 30.2 Å². The molecule has 3 aromatic carbocycles. The van der Waals surface area contributed by atoms with Gasteiger partial charge in [0, 0.05) is 11.6 Å². The summed E-state index contributed by atoms with van der Waals surface area (Å²) in [7, 11) is 0. The van der Waals surface area contributed by atoms with Crippen molar-refractivity contribution in [2.75, 3.05) is 11.9 Å². The van der Waals surface area contributed by atoms with Crippen molar-refractivity contribution in [3.05, 3.63) is 89.2 Å². The zero-order chi connectivity index (χ0) is 24.6. The number of rotatable bonds is 7. The molecular weight excluding hydrogens is 451 g/mol. The van der Waals surface area contributed by atoms with Gasteiger partial charge in [-0.25, -0.2) is 14.0 Å². The number of alkyl carbamates (subject to hydrolysis) is 1. The highest BCUT2D eigenvalue weighted by atomic mass is 19.1. The maximum Gasteiger partial charge on any atom is 0.407 e. The molecule has 0 aliphatic heterocycles. The molecule has 1 fully saturated rings. The first-order chi connectivity index (χ1) is 16.8.